The quantitative estimate of drug-likeness (QED) is 0.790. The van der Waals surface area contributed by atoms with Gasteiger partial charge >= 0.3 is 0 Å². The zero-order chi connectivity index (χ0) is 13.5. The Balaban J connectivity index is 2.66. The Bertz CT molecular complexity index is 351. The van der Waals surface area contributed by atoms with Crippen LogP contribution in [0.4, 0.5) is 0 Å². The summed E-state index contributed by atoms with van der Waals surface area (Å²) < 4.78 is 0. The molecule has 1 unspecified atom stereocenters. The predicted octanol–water partition coefficient (Wildman–Crippen LogP) is 1.59. The highest BCUT2D eigenvalue weighted by Gasteiger charge is 2.20. The van der Waals surface area contributed by atoms with Crippen LogP contribution in [0.25, 0.3) is 0 Å². The first-order valence-electron chi connectivity index (χ1n) is 6.34. The van der Waals surface area contributed by atoms with Gasteiger partial charge in [-0.25, -0.2) is 0 Å². The van der Waals surface area contributed by atoms with Crippen LogP contribution in [-0.2, 0) is 4.79 Å². The first-order chi connectivity index (χ1) is 8.58. The molecule has 0 saturated carbocycles. The fourth-order valence-corrected chi connectivity index (χ4v) is 2.66. The summed E-state index contributed by atoms with van der Waals surface area (Å²) in [5.74, 6) is 0.0560. The maximum absolute atomic E-state index is 11.8. The van der Waals surface area contributed by atoms with Crippen LogP contribution in [0.3, 0.4) is 0 Å². The van der Waals surface area contributed by atoms with Crippen molar-refractivity contribution >= 4 is 17.2 Å². The molecule has 18 heavy (non-hydrogen) atoms. The number of carbonyl (C=O) groups excluding carboxylic acids is 1. The minimum Gasteiger partial charge on any atom is -0.353 e. The fourth-order valence-electron chi connectivity index (χ4n) is 1.96. The van der Waals surface area contributed by atoms with Crippen molar-refractivity contribution in [2.75, 3.05) is 19.6 Å². The van der Waals surface area contributed by atoms with Crippen LogP contribution in [0.1, 0.15) is 32.4 Å². The Hall–Kier alpha value is -0.910. The number of likely N-dealkylation sites (N-methyl/N-ethyl adjacent to an activating group) is 1. The second kappa shape index (κ2) is 7.51. The van der Waals surface area contributed by atoms with Crippen molar-refractivity contribution in [3.05, 3.63) is 22.4 Å². The minimum absolute atomic E-state index is 0.0560. The van der Waals surface area contributed by atoms with Gasteiger partial charge in [0.15, 0.2) is 0 Å². The van der Waals surface area contributed by atoms with E-state index < -0.39 is 0 Å². The molecular weight excluding hydrogens is 246 g/mol. The molecule has 1 heterocycles. The zero-order valence-corrected chi connectivity index (χ0v) is 12.2. The van der Waals surface area contributed by atoms with E-state index in [1.165, 1.54) is 5.56 Å². The average molecular weight is 269 g/mol. The molecule has 0 fully saturated rings. The van der Waals surface area contributed by atoms with Crippen LogP contribution < -0.4 is 11.1 Å². The lowest BCUT2D eigenvalue weighted by atomic mass is 10.1. The van der Waals surface area contributed by atoms with Gasteiger partial charge in [0.05, 0.1) is 6.54 Å². The van der Waals surface area contributed by atoms with Gasteiger partial charge in [-0.05, 0) is 42.8 Å². The van der Waals surface area contributed by atoms with E-state index in [1.807, 2.05) is 19.2 Å². The Kier molecular flexibility index (Phi) is 6.32. The number of rotatable bonds is 7. The van der Waals surface area contributed by atoms with Gasteiger partial charge in [-0.2, -0.15) is 11.3 Å². The monoisotopic (exact) mass is 269 g/mol. The number of hydrogen-bond donors (Lipinski definition) is 2. The third kappa shape index (κ3) is 4.40. The van der Waals surface area contributed by atoms with E-state index in [9.17, 15) is 4.79 Å². The maximum atomic E-state index is 11.8. The first-order valence-corrected chi connectivity index (χ1v) is 7.28. The molecular formula is C13H23N3OS. The van der Waals surface area contributed by atoms with Crippen molar-refractivity contribution in [2.24, 2.45) is 5.73 Å². The molecule has 4 nitrogen and oxygen atoms in total. The van der Waals surface area contributed by atoms with Gasteiger partial charge < -0.3 is 11.1 Å². The predicted molar refractivity (Wildman–Crippen MR) is 76.6 cm³/mol. The van der Waals surface area contributed by atoms with Gasteiger partial charge in [-0.1, -0.05) is 6.92 Å². The van der Waals surface area contributed by atoms with Gasteiger partial charge in [0, 0.05) is 18.6 Å². The second-order valence-corrected chi connectivity index (χ2v) is 5.37. The summed E-state index contributed by atoms with van der Waals surface area (Å²) in [6, 6.07) is 2.37. The van der Waals surface area contributed by atoms with E-state index in [0.717, 1.165) is 6.54 Å². The van der Waals surface area contributed by atoms with Crippen molar-refractivity contribution in [1.29, 1.82) is 0 Å². The third-order valence-corrected chi connectivity index (χ3v) is 3.50. The highest BCUT2D eigenvalue weighted by molar-refractivity contribution is 7.07. The van der Waals surface area contributed by atoms with Gasteiger partial charge in [0.2, 0.25) is 5.91 Å². The number of nitrogens with one attached hydrogen (secondary N) is 1. The van der Waals surface area contributed by atoms with Crippen molar-refractivity contribution in [3.8, 4) is 0 Å². The third-order valence-electron chi connectivity index (χ3n) is 2.79. The summed E-state index contributed by atoms with van der Waals surface area (Å²) in [6.45, 7) is 7.72. The molecule has 0 aliphatic rings. The molecule has 0 bridgehead atoms. The molecule has 0 aliphatic carbocycles. The Morgan fingerprint density at radius 1 is 1.56 bits per heavy atom. The topological polar surface area (TPSA) is 58.4 Å². The zero-order valence-electron chi connectivity index (χ0n) is 11.3. The van der Waals surface area contributed by atoms with E-state index in [0.29, 0.717) is 13.1 Å². The SMILES string of the molecule is CCN(CC(=O)NC(C)C)C(CN)c1ccsc1. The van der Waals surface area contributed by atoms with Gasteiger partial charge in [-0.15, -0.1) is 0 Å². The highest BCUT2D eigenvalue weighted by atomic mass is 32.1. The molecule has 0 radical (unpaired) electrons. The first kappa shape index (κ1) is 15.1. The van der Waals surface area contributed by atoms with Gasteiger partial charge in [0.25, 0.3) is 0 Å². The normalized spacial score (nSPS) is 13.0. The summed E-state index contributed by atoms with van der Waals surface area (Å²) in [7, 11) is 0. The van der Waals surface area contributed by atoms with Gasteiger partial charge in [-0.3, -0.25) is 9.69 Å². The van der Waals surface area contributed by atoms with Crippen LogP contribution in [0.15, 0.2) is 16.8 Å². The summed E-state index contributed by atoms with van der Waals surface area (Å²) in [4.78, 5) is 13.9. The molecule has 1 amide bonds. The number of nitrogens with zero attached hydrogens (tertiary/aromatic N) is 1. The minimum atomic E-state index is 0.0560. The molecule has 102 valence electrons. The van der Waals surface area contributed by atoms with Gasteiger partial charge in [0.1, 0.15) is 0 Å². The number of nitrogens with two attached hydrogens (primary N) is 1. The average Bonchev–Trinajstić information content (AvgIpc) is 2.81. The molecule has 1 atom stereocenters. The maximum Gasteiger partial charge on any atom is 0.234 e. The molecule has 5 heteroatoms. The Morgan fingerprint density at radius 2 is 2.28 bits per heavy atom. The van der Waals surface area contributed by atoms with Crippen LogP contribution in [0, 0.1) is 0 Å². The largest absolute Gasteiger partial charge is 0.353 e. The van der Waals surface area contributed by atoms with Crippen LogP contribution in [-0.4, -0.2) is 36.5 Å². The van der Waals surface area contributed by atoms with Crippen molar-refractivity contribution in [1.82, 2.24) is 10.2 Å². The van der Waals surface area contributed by atoms with Crippen molar-refractivity contribution in [3.63, 3.8) is 0 Å². The van der Waals surface area contributed by atoms with E-state index in [1.54, 1.807) is 11.3 Å². The highest BCUT2D eigenvalue weighted by Crippen LogP contribution is 2.21. The second-order valence-electron chi connectivity index (χ2n) is 4.59. The van der Waals surface area contributed by atoms with E-state index in [-0.39, 0.29) is 18.0 Å². The molecule has 0 aliphatic heterocycles. The van der Waals surface area contributed by atoms with Crippen LogP contribution in [0.2, 0.25) is 0 Å². The lowest BCUT2D eigenvalue weighted by Gasteiger charge is -2.29. The summed E-state index contributed by atoms with van der Waals surface area (Å²) in [5.41, 5.74) is 7.04. The standard InChI is InChI=1S/C13H23N3OS/c1-4-16(8-13(17)15-10(2)3)12(7-14)11-5-6-18-9-11/h5-6,9-10,12H,4,7-8,14H2,1-3H3,(H,15,17). The number of thiophene rings is 1. The number of hydrogen-bond acceptors (Lipinski definition) is 4. The van der Waals surface area contributed by atoms with E-state index in [4.69, 9.17) is 5.73 Å². The Labute approximate surface area is 113 Å². The number of amides is 1. The molecule has 3 N–H and O–H groups in total. The fraction of sp³-hybridized carbons (Fsp3) is 0.615. The van der Waals surface area contributed by atoms with Crippen molar-refractivity contribution in [2.45, 2.75) is 32.9 Å². The van der Waals surface area contributed by atoms with Crippen molar-refractivity contribution < 1.29 is 4.79 Å². The molecule has 1 aromatic heterocycles. The molecule has 0 saturated heterocycles. The van der Waals surface area contributed by atoms with Crippen LogP contribution in [0.5, 0.6) is 0 Å². The molecule has 1 rings (SSSR count). The number of carbonyl (C=O) groups is 1. The molecule has 1 aromatic rings. The molecule has 0 spiro atoms. The Morgan fingerprint density at radius 3 is 2.72 bits per heavy atom. The summed E-state index contributed by atoms with van der Waals surface area (Å²) in [5, 5.41) is 7.05. The smallest absolute Gasteiger partial charge is 0.234 e. The lowest BCUT2D eigenvalue weighted by Crippen LogP contribution is -2.43. The summed E-state index contributed by atoms with van der Waals surface area (Å²) >= 11 is 1.66. The van der Waals surface area contributed by atoms with E-state index in [2.05, 4.69) is 28.6 Å². The molecule has 0 aromatic carbocycles. The summed E-state index contributed by atoms with van der Waals surface area (Å²) in [6.07, 6.45) is 0. The van der Waals surface area contributed by atoms with E-state index >= 15 is 0 Å². The lowest BCUT2D eigenvalue weighted by molar-refractivity contribution is -0.123. The van der Waals surface area contributed by atoms with Crippen LogP contribution >= 0.6 is 11.3 Å².